The lowest BCUT2D eigenvalue weighted by molar-refractivity contribution is -0.199. The topological polar surface area (TPSA) is 205 Å². The van der Waals surface area contributed by atoms with E-state index in [-0.39, 0.29) is 62.5 Å². The van der Waals surface area contributed by atoms with Gasteiger partial charge in [0, 0.05) is 6.54 Å². The molecule has 1 unspecified atom stereocenters. The molecule has 4 N–H and O–H groups in total. The molecule has 0 aliphatic heterocycles. The molecule has 2 aromatic heterocycles. The molecule has 0 saturated heterocycles. The van der Waals surface area contributed by atoms with Gasteiger partial charge in [0.1, 0.15) is 41.5 Å². The molecule has 0 fully saturated rings. The Morgan fingerprint density at radius 1 is 1.16 bits per heavy atom. The lowest BCUT2D eigenvalue weighted by Gasteiger charge is -2.24. The summed E-state index contributed by atoms with van der Waals surface area (Å²) in [6, 6.07) is 11.1. The second-order valence-electron chi connectivity index (χ2n) is 8.91. The van der Waals surface area contributed by atoms with Gasteiger partial charge < -0.3 is 21.2 Å². The van der Waals surface area contributed by atoms with Crippen molar-refractivity contribution in [3.63, 3.8) is 0 Å². The summed E-state index contributed by atoms with van der Waals surface area (Å²) in [5.41, 5.74) is 4.73. The zero-order chi connectivity index (χ0) is 32.2. The van der Waals surface area contributed by atoms with Crippen molar-refractivity contribution in [2.24, 2.45) is 0 Å². The van der Waals surface area contributed by atoms with Gasteiger partial charge in [0.2, 0.25) is 0 Å². The van der Waals surface area contributed by atoms with Crippen LogP contribution in [0.2, 0.25) is 0 Å². The Balaban J connectivity index is 1.94. The SMILES string of the molecule is CCNC(=O)N(OC(=O)C(F)(F)F)c1cccc(-n2c(C(C)Nc3ncnc(N)c3C#N)nc3cccc(C#N)c3c2=O)c1. The molecular weight excluding hydrogens is 585 g/mol. The summed E-state index contributed by atoms with van der Waals surface area (Å²) >= 11 is 0. The second kappa shape index (κ2) is 12.3. The molecule has 4 rings (SSSR count). The number of hydroxylamine groups is 1. The largest absolute Gasteiger partial charge is 0.493 e. The maximum absolute atomic E-state index is 14.0. The highest BCUT2D eigenvalue weighted by Gasteiger charge is 2.43. The molecule has 4 aromatic rings. The van der Waals surface area contributed by atoms with E-state index < -0.39 is 29.8 Å². The van der Waals surface area contributed by atoms with Gasteiger partial charge >= 0.3 is 18.2 Å². The maximum Gasteiger partial charge on any atom is 0.493 e. The van der Waals surface area contributed by atoms with Crippen molar-refractivity contribution in [1.82, 2.24) is 24.8 Å². The van der Waals surface area contributed by atoms with Crippen LogP contribution in [0.1, 0.15) is 36.8 Å². The zero-order valence-corrected chi connectivity index (χ0v) is 22.9. The molecule has 2 heterocycles. The fraction of sp³-hybridized carbons (Fsp3) is 0.185. The summed E-state index contributed by atoms with van der Waals surface area (Å²) in [7, 11) is 0. The number of carbonyl (C=O) groups is 2. The number of rotatable bonds is 6. The molecule has 0 bridgehead atoms. The number of nitriles is 2. The van der Waals surface area contributed by atoms with Gasteiger partial charge in [-0.25, -0.2) is 24.5 Å². The van der Waals surface area contributed by atoms with E-state index in [4.69, 9.17) is 5.73 Å². The first-order chi connectivity index (χ1) is 20.9. The number of hydrogen-bond donors (Lipinski definition) is 3. The monoisotopic (exact) mass is 606 g/mol. The quantitative estimate of drug-likeness (QED) is 0.272. The van der Waals surface area contributed by atoms with E-state index in [9.17, 15) is 38.1 Å². The third kappa shape index (κ3) is 6.02. The number of carbonyl (C=O) groups excluding carboxylic acids is 2. The Morgan fingerprint density at radius 2 is 1.89 bits per heavy atom. The molecular formula is C27H21F3N10O4. The fourth-order valence-electron chi connectivity index (χ4n) is 4.10. The summed E-state index contributed by atoms with van der Waals surface area (Å²) in [4.78, 5) is 55.1. The number of halogens is 3. The van der Waals surface area contributed by atoms with Crippen LogP contribution in [0.3, 0.4) is 0 Å². The third-order valence-corrected chi connectivity index (χ3v) is 6.01. The number of fused-ring (bicyclic) bond motifs is 1. The fourth-order valence-corrected chi connectivity index (χ4v) is 4.10. The Bertz CT molecular complexity index is 1910. The van der Waals surface area contributed by atoms with Crippen LogP contribution in [0.25, 0.3) is 16.6 Å². The molecule has 44 heavy (non-hydrogen) atoms. The average Bonchev–Trinajstić information content (AvgIpc) is 2.99. The van der Waals surface area contributed by atoms with E-state index in [1.807, 2.05) is 12.1 Å². The zero-order valence-electron chi connectivity index (χ0n) is 22.9. The summed E-state index contributed by atoms with van der Waals surface area (Å²) in [6.45, 7) is 3.05. The molecule has 0 spiro atoms. The lowest BCUT2D eigenvalue weighted by atomic mass is 10.1. The van der Waals surface area contributed by atoms with Crippen LogP contribution in [-0.2, 0) is 9.63 Å². The Kier molecular flexibility index (Phi) is 8.61. The number of hydrogen-bond acceptors (Lipinski definition) is 11. The Hall–Kier alpha value is -6.23. The van der Waals surface area contributed by atoms with Crippen LogP contribution < -0.4 is 27.0 Å². The van der Waals surface area contributed by atoms with Crippen molar-refractivity contribution in [3.05, 3.63) is 76.1 Å². The van der Waals surface area contributed by atoms with E-state index in [2.05, 4.69) is 30.4 Å². The molecule has 14 nitrogen and oxygen atoms in total. The minimum Gasteiger partial charge on any atom is -0.382 e. The van der Waals surface area contributed by atoms with Gasteiger partial charge in [-0.2, -0.15) is 23.7 Å². The van der Waals surface area contributed by atoms with Crippen LogP contribution in [-0.4, -0.2) is 44.2 Å². The predicted molar refractivity (Wildman–Crippen MR) is 149 cm³/mol. The number of alkyl halides is 3. The van der Waals surface area contributed by atoms with E-state index >= 15 is 0 Å². The third-order valence-electron chi connectivity index (χ3n) is 6.01. The lowest BCUT2D eigenvalue weighted by Crippen LogP contribution is -2.44. The van der Waals surface area contributed by atoms with Crippen LogP contribution in [0.15, 0.2) is 53.6 Å². The van der Waals surface area contributed by atoms with E-state index in [0.717, 1.165) is 17.0 Å². The number of nitrogens with one attached hydrogen (secondary N) is 2. The minimum absolute atomic E-state index is 0.00420. The van der Waals surface area contributed by atoms with Crippen LogP contribution >= 0.6 is 0 Å². The molecule has 0 radical (unpaired) electrons. The van der Waals surface area contributed by atoms with Gasteiger partial charge in [0.15, 0.2) is 0 Å². The number of anilines is 3. The number of aromatic nitrogens is 4. The van der Waals surface area contributed by atoms with Crippen LogP contribution in [0.5, 0.6) is 0 Å². The summed E-state index contributed by atoms with van der Waals surface area (Å²) in [6.07, 6.45) is -4.30. The molecule has 0 aliphatic rings. The van der Waals surface area contributed by atoms with Crippen LogP contribution in [0, 0.1) is 22.7 Å². The van der Waals surface area contributed by atoms with Gasteiger partial charge in [-0.1, -0.05) is 12.1 Å². The van der Waals surface area contributed by atoms with Gasteiger partial charge in [-0.15, -0.1) is 5.06 Å². The number of benzene rings is 2. The highest BCUT2D eigenvalue weighted by atomic mass is 19.4. The normalized spacial score (nSPS) is 11.6. The number of nitrogen functional groups attached to an aromatic ring is 1. The van der Waals surface area contributed by atoms with Crippen molar-refractivity contribution >= 4 is 40.2 Å². The van der Waals surface area contributed by atoms with Crippen molar-refractivity contribution in [3.8, 4) is 17.8 Å². The Labute approximate surface area is 246 Å². The molecule has 0 aliphatic carbocycles. The highest BCUT2D eigenvalue weighted by molar-refractivity contribution is 5.93. The van der Waals surface area contributed by atoms with E-state index in [1.165, 1.54) is 43.3 Å². The first-order valence-corrected chi connectivity index (χ1v) is 12.6. The van der Waals surface area contributed by atoms with E-state index in [0.29, 0.717) is 0 Å². The number of amides is 2. The molecule has 2 aromatic carbocycles. The van der Waals surface area contributed by atoms with E-state index in [1.54, 1.807) is 6.92 Å². The molecule has 17 heteroatoms. The summed E-state index contributed by atoms with van der Waals surface area (Å²) in [5.74, 6) is -2.73. The molecule has 0 saturated carbocycles. The number of urea groups is 1. The van der Waals surface area contributed by atoms with Crippen molar-refractivity contribution in [2.45, 2.75) is 26.1 Å². The highest BCUT2D eigenvalue weighted by Crippen LogP contribution is 2.27. The van der Waals surface area contributed by atoms with Crippen molar-refractivity contribution in [2.75, 3.05) is 22.7 Å². The maximum atomic E-state index is 14.0. The first-order valence-electron chi connectivity index (χ1n) is 12.6. The smallest absolute Gasteiger partial charge is 0.382 e. The molecule has 224 valence electrons. The number of nitrogens with zero attached hydrogens (tertiary/aromatic N) is 7. The van der Waals surface area contributed by atoms with Gasteiger partial charge in [-0.05, 0) is 44.2 Å². The van der Waals surface area contributed by atoms with Crippen LogP contribution in [0.4, 0.5) is 35.3 Å². The van der Waals surface area contributed by atoms with Crippen molar-refractivity contribution in [1.29, 1.82) is 10.5 Å². The predicted octanol–water partition coefficient (Wildman–Crippen LogP) is 3.23. The Morgan fingerprint density at radius 3 is 2.55 bits per heavy atom. The first kappa shape index (κ1) is 30.7. The summed E-state index contributed by atoms with van der Waals surface area (Å²) in [5, 5.41) is 24.5. The molecule has 1 atom stereocenters. The average molecular weight is 607 g/mol. The van der Waals surface area contributed by atoms with Gasteiger partial charge in [0.25, 0.3) is 5.56 Å². The minimum atomic E-state index is -5.42. The van der Waals surface area contributed by atoms with Gasteiger partial charge in [0.05, 0.1) is 33.9 Å². The summed E-state index contributed by atoms with van der Waals surface area (Å²) < 4.78 is 40.2. The van der Waals surface area contributed by atoms with Crippen molar-refractivity contribution < 1.29 is 27.6 Å². The van der Waals surface area contributed by atoms with Gasteiger partial charge in [-0.3, -0.25) is 9.36 Å². The standard InChI is InChI=1S/C27H21F3N10O4/c1-3-34-26(43)40(44-25(42)27(28,29)30)17-8-5-7-16(10-17)39-23(14(2)37-22-18(12-32)21(33)35-13-36-22)38-19-9-4-6-15(11-31)20(19)24(39)41/h4-10,13-14H,3H2,1-2H3,(H,34,43)(H3,33,35,36,37). The number of nitrogens with two attached hydrogens (primary N) is 1. The molecule has 2 amide bonds. The second-order valence-corrected chi connectivity index (χ2v) is 8.91.